The van der Waals surface area contributed by atoms with Crippen LogP contribution in [0.25, 0.3) is 0 Å². The van der Waals surface area contributed by atoms with Crippen LogP contribution in [0, 0.1) is 6.92 Å². The fourth-order valence-corrected chi connectivity index (χ4v) is 2.53. The van der Waals surface area contributed by atoms with Crippen LogP contribution in [-0.2, 0) is 0 Å². The predicted molar refractivity (Wildman–Crippen MR) is 69.5 cm³/mol. The minimum absolute atomic E-state index is 0.138. The van der Waals surface area contributed by atoms with Gasteiger partial charge >= 0.3 is 6.18 Å². The Morgan fingerprint density at radius 2 is 2.15 bits per heavy atom. The first-order chi connectivity index (χ1) is 9.19. The first-order valence-electron chi connectivity index (χ1n) is 6.63. The Labute approximate surface area is 116 Å². The number of alkyl halides is 3. The van der Waals surface area contributed by atoms with Crippen molar-refractivity contribution in [1.29, 1.82) is 0 Å². The number of aliphatic hydroxyl groups is 1. The van der Waals surface area contributed by atoms with Crippen LogP contribution >= 0.6 is 0 Å². The zero-order chi connectivity index (χ0) is 15.0. The molecule has 0 radical (unpaired) electrons. The van der Waals surface area contributed by atoms with E-state index in [0.717, 1.165) is 24.6 Å². The Morgan fingerprint density at radius 3 is 2.75 bits per heavy atom. The minimum Gasteiger partial charge on any atom is -0.380 e. The van der Waals surface area contributed by atoms with Crippen LogP contribution in [0.5, 0.6) is 0 Å². The molecule has 6 heteroatoms. The number of aromatic nitrogens is 1. The maximum absolute atomic E-state index is 12.7. The maximum atomic E-state index is 12.7. The molecule has 0 saturated carbocycles. The van der Waals surface area contributed by atoms with Crippen molar-refractivity contribution in [3.8, 4) is 0 Å². The Balaban J connectivity index is 2.00. The molecule has 1 aromatic rings. The van der Waals surface area contributed by atoms with Crippen LogP contribution < -0.4 is 0 Å². The topological polar surface area (TPSA) is 36.4 Å². The van der Waals surface area contributed by atoms with E-state index < -0.39 is 18.3 Å². The van der Waals surface area contributed by atoms with E-state index in [1.54, 1.807) is 11.1 Å². The number of nitrogens with zero attached hydrogens (tertiary/aromatic N) is 2. The molecule has 112 valence electrons. The zero-order valence-electron chi connectivity index (χ0n) is 11.6. The van der Waals surface area contributed by atoms with Crippen LogP contribution in [0.3, 0.4) is 0 Å². The van der Waals surface area contributed by atoms with Gasteiger partial charge in [-0.1, -0.05) is 0 Å². The van der Waals surface area contributed by atoms with Crippen molar-refractivity contribution in [3.05, 3.63) is 29.6 Å². The minimum atomic E-state index is -4.60. The van der Waals surface area contributed by atoms with Gasteiger partial charge in [0.15, 0.2) is 5.60 Å². The van der Waals surface area contributed by atoms with Crippen molar-refractivity contribution in [2.45, 2.75) is 38.0 Å². The Bertz CT molecular complexity index is 474. The first-order valence-corrected chi connectivity index (χ1v) is 6.63. The number of aryl methyl sites for hydroxylation is 1. The molecule has 0 aliphatic carbocycles. The highest BCUT2D eigenvalue weighted by molar-refractivity contribution is 5.19. The predicted octanol–water partition coefficient (Wildman–Crippen LogP) is 2.49. The van der Waals surface area contributed by atoms with Crippen LogP contribution in [0.2, 0.25) is 0 Å². The number of halogens is 3. The molecule has 2 unspecified atom stereocenters. The first kappa shape index (κ1) is 15.3. The molecule has 0 spiro atoms. The molecule has 20 heavy (non-hydrogen) atoms. The molecule has 3 nitrogen and oxygen atoms in total. The third kappa shape index (κ3) is 3.30. The lowest BCUT2D eigenvalue weighted by molar-refractivity contribution is -0.256. The number of pyridine rings is 1. The van der Waals surface area contributed by atoms with Crippen molar-refractivity contribution >= 4 is 0 Å². The molecule has 2 heterocycles. The summed E-state index contributed by atoms with van der Waals surface area (Å²) in [6.45, 7) is 3.45. The van der Waals surface area contributed by atoms with Gasteiger partial charge in [-0.15, -0.1) is 0 Å². The molecule has 2 rings (SSSR count). The monoisotopic (exact) mass is 288 g/mol. The molecule has 0 amide bonds. The van der Waals surface area contributed by atoms with Gasteiger partial charge in [-0.2, -0.15) is 13.2 Å². The highest BCUT2D eigenvalue weighted by Crippen LogP contribution is 2.33. The highest BCUT2D eigenvalue weighted by Gasteiger charge is 2.51. The third-order valence-electron chi connectivity index (χ3n) is 3.77. The lowest BCUT2D eigenvalue weighted by atomic mass is 10.0. The largest absolute Gasteiger partial charge is 0.418 e. The van der Waals surface area contributed by atoms with E-state index in [9.17, 15) is 18.3 Å². The standard InChI is InChI=1S/C14H19F3N2O/c1-10-3-5-18-12(7-10)11-4-6-19(8-11)9-13(2,20)14(15,16)17/h3,5,7,11,20H,4,6,8-9H2,1-2H3. The summed E-state index contributed by atoms with van der Waals surface area (Å²) in [5.74, 6) is 0.138. The summed E-state index contributed by atoms with van der Waals surface area (Å²) >= 11 is 0. The van der Waals surface area contributed by atoms with E-state index in [0.29, 0.717) is 13.1 Å². The van der Waals surface area contributed by atoms with Gasteiger partial charge in [0.2, 0.25) is 0 Å². The van der Waals surface area contributed by atoms with E-state index >= 15 is 0 Å². The summed E-state index contributed by atoms with van der Waals surface area (Å²) in [4.78, 5) is 5.94. The number of hydrogen-bond acceptors (Lipinski definition) is 3. The molecule has 0 aromatic carbocycles. The average Bonchev–Trinajstić information content (AvgIpc) is 2.75. The molecule has 1 saturated heterocycles. The fourth-order valence-electron chi connectivity index (χ4n) is 2.53. The van der Waals surface area contributed by atoms with Gasteiger partial charge in [0.1, 0.15) is 0 Å². The second kappa shape index (κ2) is 5.33. The number of rotatable bonds is 3. The Morgan fingerprint density at radius 1 is 1.45 bits per heavy atom. The van der Waals surface area contributed by atoms with Crippen molar-refractivity contribution < 1.29 is 18.3 Å². The number of hydrogen-bond donors (Lipinski definition) is 1. The second-order valence-electron chi connectivity index (χ2n) is 5.75. The third-order valence-corrected chi connectivity index (χ3v) is 3.77. The molecule has 0 bridgehead atoms. The van der Waals surface area contributed by atoms with Gasteiger partial charge < -0.3 is 5.11 Å². The molecule has 1 N–H and O–H groups in total. The average molecular weight is 288 g/mol. The smallest absolute Gasteiger partial charge is 0.380 e. The summed E-state index contributed by atoms with van der Waals surface area (Å²) in [5, 5.41) is 9.53. The quantitative estimate of drug-likeness (QED) is 0.928. The van der Waals surface area contributed by atoms with Crippen molar-refractivity contribution in [1.82, 2.24) is 9.88 Å². The number of likely N-dealkylation sites (tertiary alicyclic amines) is 1. The van der Waals surface area contributed by atoms with Crippen molar-refractivity contribution in [3.63, 3.8) is 0 Å². The summed E-state index contributed by atoms with van der Waals surface area (Å²) in [5.41, 5.74) is -0.656. The Hall–Kier alpha value is -1.14. The van der Waals surface area contributed by atoms with Gasteiger partial charge in [0.25, 0.3) is 0 Å². The zero-order valence-corrected chi connectivity index (χ0v) is 11.6. The fraction of sp³-hybridized carbons (Fsp3) is 0.643. The SMILES string of the molecule is Cc1ccnc(C2CCN(CC(C)(O)C(F)(F)F)C2)c1. The van der Waals surface area contributed by atoms with Gasteiger partial charge in [0.05, 0.1) is 0 Å². The molecular formula is C14H19F3N2O. The summed E-state index contributed by atoms with van der Waals surface area (Å²) < 4.78 is 38.0. The van der Waals surface area contributed by atoms with E-state index in [2.05, 4.69) is 4.98 Å². The van der Waals surface area contributed by atoms with Crippen molar-refractivity contribution in [2.75, 3.05) is 19.6 Å². The summed E-state index contributed by atoms with van der Waals surface area (Å²) in [6, 6.07) is 3.86. The van der Waals surface area contributed by atoms with E-state index in [-0.39, 0.29) is 5.92 Å². The van der Waals surface area contributed by atoms with E-state index in [1.807, 2.05) is 19.1 Å². The lowest BCUT2D eigenvalue weighted by Crippen LogP contribution is -2.50. The Kier molecular flexibility index (Phi) is 4.07. The second-order valence-corrected chi connectivity index (χ2v) is 5.75. The molecule has 1 aromatic heterocycles. The normalized spacial score (nSPS) is 23.8. The molecule has 1 aliphatic heterocycles. The maximum Gasteiger partial charge on any atom is 0.418 e. The highest BCUT2D eigenvalue weighted by atomic mass is 19.4. The summed E-state index contributed by atoms with van der Waals surface area (Å²) in [6.07, 6.45) is -2.11. The number of β-amino-alcohol motifs (C(OH)–C–C–N with tert-alkyl or cyclic N) is 1. The van der Waals surface area contributed by atoms with Crippen LogP contribution in [0.4, 0.5) is 13.2 Å². The van der Waals surface area contributed by atoms with Gasteiger partial charge in [-0.05, 0) is 44.5 Å². The molecule has 1 fully saturated rings. The molecule has 2 atom stereocenters. The molecular weight excluding hydrogens is 269 g/mol. The van der Waals surface area contributed by atoms with Gasteiger partial charge in [-0.3, -0.25) is 9.88 Å². The van der Waals surface area contributed by atoms with Gasteiger partial charge in [0, 0.05) is 30.9 Å². The van der Waals surface area contributed by atoms with E-state index in [4.69, 9.17) is 0 Å². The van der Waals surface area contributed by atoms with Crippen LogP contribution in [-0.4, -0.2) is 46.4 Å². The van der Waals surface area contributed by atoms with Crippen LogP contribution in [0.15, 0.2) is 18.3 Å². The van der Waals surface area contributed by atoms with Gasteiger partial charge in [-0.25, -0.2) is 0 Å². The van der Waals surface area contributed by atoms with Crippen LogP contribution in [0.1, 0.15) is 30.5 Å². The van der Waals surface area contributed by atoms with Crippen molar-refractivity contribution in [2.24, 2.45) is 0 Å². The summed E-state index contributed by atoms with van der Waals surface area (Å²) in [7, 11) is 0. The molecule has 1 aliphatic rings. The van der Waals surface area contributed by atoms with E-state index in [1.165, 1.54) is 0 Å². The lowest BCUT2D eigenvalue weighted by Gasteiger charge is -2.30.